The first-order valence-electron chi connectivity index (χ1n) is 9.53. The SMILES string of the molecule is O[C@H]1CC[C@@H](N2CC[C@]3(CCCN(c4cc(Br)cnc4Cl)C3)C2)CC1. The summed E-state index contributed by atoms with van der Waals surface area (Å²) in [6.07, 6.45) is 9.77. The van der Waals surface area contributed by atoms with Crippen molar-refractivity contribution in [3.8, 4) is 0 Å². The van der Waals surface area contributed by atoms with Gasteiger partial charge in [0.1, 0.15) is 0 Å². The number of likely N-dealkylation sites (tertiary alicyclic amines) is 1. The molecule has 1 aromatic heterocycles. The molecular weight excluding hydrogens is 402 g/mol. The van der Waals surface area contributed by atoms with Crippen LogP contribution in [-0.2, 0) is 0 Å². The van der Waals surface area contributed by atoms with Gasteiger partial charge in [0.15, 0.2) is 5.15 Å². The number of piperidine rings is 1. The molecule has 2 aliphatic heterocycles. The Balaban J connectivity index is 1.45. The van der Waals surface area contributed by atoms with E-state index in [1.54, 1.807) is 6.20 Å². The van der Waals surface area contributed by atoms with Crippen molar-refractivity contribution < 1.29 is 5.11 Å². The highest BCUT2D eigenvalue weighted by molar-refractivity contribution is 9.10. The first kappa shape index (κ1) is 18.0. The van der Waals surface area contributed by atoms with E-state index in [0.717, 1.165) is 48.9 Å². The van der Waals surface area contributed by atoms with E-state index in [2.05, 4.69) is 36.8 Å². The van der Waals surface area contributed by atoms with E-state index in [1.807, 2.05) is 0 Å². The van der Waals surface area contributed by atoms with Gasteiger partial charge >= 0.3 is 0 Å². The third kappa shape index (κ3) is 3.85. The zero-order chi connectivity index (χ0) is 17.4. The molecule has 4 nitrogen and oxygen atoms in total. The third-order valence-electron chi connectivity index (χ3n) is 6.44. The Morgan fingerprint density at radius 1 is 1.16 bits per heavy atom. The maximum atomic E-state index is 9.77. The average Bonchev–Trinajstić information content (AvgIpc) is 3.01. The Morgan fingerprint density at radius 3 is 2.76 bits per heavy atom. The first-order chi connectivity index (χ1) is 12.0. The summed E-state index contributed by atoms with van der Waals surface area (Å²) in [5, 5.41) is 10.4. The summed E-state index contributed by atoms with van der Waals surface area (Å²) < 4.78 is 0.986. The highest BCUT2D eigenvalue weighted by atomic mass is 79.9. The predicted molar refractivity (Wildman–Crippen MR) is 105 cm³/mol. The molecule has 0 aromatic carbocycles. The largest absolute Gasteiger partial charge is 0.393 e. The number of aromatic nitrogens is 1. The molecule has 1 atom stereocenters. The lowest BCUT2D eigenvalue weighted by atomic mass is 9.79. The van der Waals surface area contributed by atoms with Gasteiger partial charge in [-0.25, -0.2) is 4.98 Å². The van der Waals surface area contributed by atoms with Crippen LogP contribution in [0.4, 0.5) is 5.69 Å². The van der Waals surface area contributed by atoms with Gasteiger partial charge in [-0.1, -0.05) is 11.6 Å². The van der Waals surface area contributed by atoms with Crippen molar-refractivity contribution in [3.63, 3.8) is 0 Å². The number of nitrogens with zero attached hydrogens (tertiary/aromatic N) is 3. The van der Waals surface area contributed by atoms with Crippen LogP contribution in [0, 0.1) is 5.41 Å². The summed E-state index contributed by atoms with van der Waals surface area (Å²) >= 11 is 9.91. The summed E-state index contributed by atoms with van der Waals surface area (Å²) in [5.41, 5.74) is 1.45. The molecule has 0 unspecified atom stereocenters. The highest BCUT2D eigenvalue weighted by Gasteiger charge is 2.43. The molecule has 0 bridgehead atoms. The molecule has 3 heterocycles. The Morgan fingerprint density at radius 2 is 1.96 bits per heavy atom. The molecule has 1 spiro atoms. The van der Waals surface area contributed by atoms with Crippen LogP contribution in [-0.4, -0.2) is 53.3 Å². The lowest BCUT2D eigenvalue weighted by molar-refractivity contribution is 0.0770. The quantitative estimate of drug-likeness (QED) is 0.720. The Bertz CT molecular complexity index is 623. The second kappa shape index (κ2) is 7.34. The van der Waals surface area contributed by atoms with E-state index in [9.17, 15) is 5.11 Å². The van der Waals surface area contributed by atoms with Gasteiger partial charge < -0.3 is 10.0 Å². The fourth-order valence-corrected chi connectivity index (χ4v) is 5.63. The lowest BCUT2D eigenvalue weighted by Crippen LogP contribution is -2.46. The van der Waals surface area contributed by atoms with Gasteiger partial charge in [-0.2, -0.15) is 0 Å². The second-order valence-electron chi connectivity index (χ2n) is 8.17. The van der Waals surface area contributed by atoms with Crippen molar-refractivity contribution in [2.45, 2.75) is 57.1 Å². The van der Waals surface area contributed by atoms with Gasteiger partial charge in [-0.3, -0.25) is 4.90 Å². The number of aliphatic hydroxyl groups excluding tert-OH is 1. The number of aliphatic hydroxyl groups is 1. The Labute approximate surface area is 163 Å². The molecule has 25 heavy (non-hydrogen) atoms. The molecule has 3 fully saturated rings. The zero-order valence-electron chi connectivity index (χ0n) is 14.6. The van der Waals surface area contributed by atoms with E-state index in [4.69, 9.17) is 11.6 Å². The fourth-order valence-electron chi connectivity index (χ4n) is 5.09. The van der Waals surface area contributed by atoms with Gasteiger partial charge in [0.25, 0.3) is 0 Å². The highest BCUT2D eigenvalue weighted by Crippen LogP contribution is 2.43. The maximum absolute atomic E-state index is 9.77. The monoisotopic (exact) mass is 427 g/mol. The molecule has 1 N–H and O–H groups in total. The van der Waals surface area contributed by atoms with Crippen molar-refractivity contribution in [1.29, 1.82) is 0 Å². The van der Waals surface area contributed by atoms with Crippen LogP contribution in [0.15, 0.2) is 16.7 Å². The number of rotatable bonds is 2. The molecule has 6 heteroatoms. The molecule has 3 aliphatic rings. The molecule has 0 radical (unpaired) electrons. The van der Waals surface area contributed by atoms with Gasteiger partial charge in [0.05, 0.1) is 11.8 Å². The minimum atomic E-state index is -0.0656. The topological polar surface area (TPSA) is 39.6 Å². The van der Waals surface area contributed by atoms with Crippen LogP contribution in [0.5, 0.6) is 0 Å². The fraction of sp³-hybridized carbons (Fsp3) is 0.737. The summed E-state index contributed by atoms with van der Waals surface area (Å²) in [6.45, 7) is 4.55. The zero-order valence-corrected chi connectivity index (χ0v) is 17.0. The number of hydrogen-bond acceptors (Lipinski definition) is 4. The second-order valence-corrected chi connectivity index (χ2v) is 9.45. The van der Waals surface area contributed by atoms with Crippen LogP contribution >= 0.6 is 27.5 Å². The first-order valence-corrected chi connectivity index (χ1v) is 10.7. The van der Waals surface area contributed by atoms with Gasteiger partial charge in [-0.05, 0) is 73.5 Å². The van der Waals surface area contributed by atoms with Crippen LogP contribution in [0.25, 0.3) is 0 Å². The normalized spacial score (nSPS) is 34.0. The van der Waals surface area contributed by atoms with E-state index < -0.39 is 0 Å². The third-order valence-corrected chi connectivity index (χ3v) is 7.16. The smallest absolute Gasteiger partial charge is 0.152 e. The molecule has 138 valence electrons. The number of anilines is 1. The number of halogens is 2. The standard InChI is InChI=1S/C19H27BrClN3O/c20-14-10-17(18(21)22-11-14)24-8-1-6-19(13-24)7-9-23(12-19)15-2-4-16(25)5-3-15/h10-11,15-16,25H,1-9,12-13H2/t15-,16+,19-/m1/s1. The number of pyridine rings is 1. The van der Waals surface area contributed by atoms with Crippen LogP contribution in [0.1, 0.15) is 44.9 Å². The molecule has 4 rings (SSSR count). The van der Waals surface area contributed by atoms with Crippen molar-refractivity contribution >= 4 is 33.2 Å². The molecule has 1 saturated carbocycles. The Hall–Kier alpha value is -0.360. The Kier molecular flexibility index (Phi) is 5.29. The maximum Gasteiger partial charge on any atom is 0.152 e. The predicted octanol–water partition coefficient (Wildman–Crippen LogP) is 4.09. The van der Waals surface area contributed by atoms with E-state index in [-0.39, 0.29) is 6.10 Å². The van der Waals surface area contributed by atoms with E-state index in [0.29, 0.717) is 16.6 Å². The molecule has 2 saturated heterocycles. The summed E-state index contributed by atoms with van der Waals surface area (Å²) in [5.74, 6) is 0. The summed E-state index contributed by atoms with van der Waals surface area (Å²) in [4.78, 5) is 9.45. The van der Waals surface area contributed by atoms with Crippen molar-refractivity contribution in [1.82, 2.24) is 9.88 Å². The molecule has 1 aromatic rings. The minimum absolute atomic E-state index is 0.0656. The molecular formula is C19H27BrClN3O. The summed E-state index contributed by atoms with van der Waals surface area (Å²) in [6, 6.07) is 2.78. The van der Waals surface area contributed by atoms with Crippen LogP contribution < -0.4 is 4.90 Å². The minimum Gasteiger partial charge on any atom is -0.393 e. The average molecular weight is 429 g/mol. The van der Waals surface area contributed by atoms with E-state index in [1.165, 1.54) is 32.4 Å². The van der Waals surface area contributed by atoms with Gasteiger partial charge in [0, 0.05) is 41.8 Å². The lowest BCUT2D eigenvalue weighted by Gasteiger charge is -2.42. The van der Waals surface area contributed by atoms with Gasteiger partial charge in [-0.15, -0.1) is 0 Å². The van der Waals surface area contributed by atoms with Crippen LogP contribution in [0.2, 0.25) is 5.15 Å². The number of hydrogen-bond donors (Lipinski definition) is 1. The van der Waals surface area contributed by atoms with Crippen LogP contribution in [0.3, 0.4) is 0 Å². The molecule has 0 amide bonds. The van der Waals surface area contributed by atoms with E-state index >= 15 is 0 Å². The van der Waals surface area contributed by atoms with Gasteiger partial charge in [0.2, 0.25) is 0 Å². The van der Waals surface area contributed by atoms with Crippen molar-refractivity contribution in [2.24, 2.45) is 5.41 Å². The molecule has 1 aliphatic carbocycles. The van der Waals surface area contributed by atoms with Crippen molar-refractivity contribution in [2.75, 3.05) is 31.1 Å². The summed E-state index contributed by atoms with van der Waals surface area (Å²) in [7, 11) is 0. The van der Waals surface area contributed by atoms with Crippen molar-refractivity contribution in [3.05, 3.63) is 21.9 Å².